The summed E-state index contributed by atoms with van der Waals surface area (Å²) in [4.78, 5) is 7.89. The first-order chi connectivity index (χ1) is 17.5. The third-order valence-electron chi connectivity index (χ3n) is 6.47. The average Bonchev–Trinajstić information content (AvgIpc) is 3.34. The van der Waals surface area contributed by atoms with Gasteiger partial charge in [-0.3, -0.25) is 9.47 Å². The third-order valence-corrected chi connectivity index (χ3v) is 7.94. The first-order valence-corrected chi connectivity index (χ1v) is 13.1. The predicted molar refractivity (Wildman–Crippen MR) is 145 cm³/mol. The van der Waals surface area contributed by atoms with E-state index in [1.165, 1.54) is 22.3 Å². The van der Waals surface area contributed by atoms with Crippen LogP contribution in [0.15, 0.2) is 42.6 Å². The van der Waals surface area contributed by atoms with Crippen LogP contribution in [-0.4, -0.2) is 31.7 Å². The fourth-order valence-corrected chi connectivity index (χ4v) is 6.04. The number of thiophene rings is 1. The minimum absolute atomic E-state index is 0.0468. The number of nitrogens with zero attached hydrogens (tertiary/aromatic N) is 5. The number of unbranched alkanes of at least 4 members (excludes halogenated alkanes) is 1. The molecule has 1 atom stereocenters. The molecular formula is C29H26ClN5S. The van der Waals surface area contributed by atoms with Gasteiger partial charge in [0.2, 0.25) is 0 Å². The number of hydrogen-bond donors (Lipinski definition) is 0. The lowest BCUT2D eigenvalue weighted by atomic mass is 9.95. The molecular weight excluding hydrogens is 486 g/mol. The molecule has 3 aromatic heterocycles. The molecule has 0 amide bonds. The molecule has 4 heterocycles. The minimum Gasteiger partial charge on any atom is -0.288 e. The molecule has 0 fully saturated rings. The summed E-state index contributed by atoms with van der Waals surface area (Å²) in [7, 11) is 2.13. The Morgan fingerprint density at radius 1 is 1.11 bits per heavy atom. The monoisotopic (exact) mass is 511 g/mol. The molecule has 4 aromatic rings. The number of aryl methyl sites for hydroxylation is 2. The van der Waals surface area contributed by atoms with Gasteiger partial charge >= 0.3 is 0 Å². The molecule has 0 spiro atoms. The number of pyridine rings is 1. The fourth-order valence-electron chi connectivity index (χ4n) is 4.65. The van der Waals surface area contributed by atoms with Gasteiger partial charge in [-0.25, -0.2) is 4.98 Å². The maximum absolute atomic E-state index is 6.21. The number of aromatic nitrogens is 4. The molecule has 1 aliphatic rings. The van der Waals surface area contributed by atoms with Gasteiger partial charge in [0, 0.05) is 23.2 Å². The summed E-state index contributed by atoms with van der Waals surface area (Å²) in [6.45, 7) is 4.84. The van der Waals surface area contributed by atoms with Crippen molar-refractivity contribution in [1.82, 2.24) is 24.6 Å². The van der Waals surface area contributed by atoms with E-state index in [1.807, 2.05) is 31.3 Å². The summed E-state index contributed by atoms with van der Waals surface area (Å²) in [5.41, 5.74) is 5.52. The molecule has 5 rings (SSSR count). The van der Waals surface area contributed by atoms with Crippen LogP contribution >= 0.6 is 22.9 Å². The van der Waals surface area contributed by atoms with Gasteiger partial charge in [0.05, 0.1) is 17.5 Å². The zero-order valence-corrected chi connectivity index (χ0v) is 22.1. The highest BCUT2D eigenvalue weighted by Crippen LogP contribution is 2.43. The number of terminal acetylenes is 1. The van der Waals surface area contributed by atoms with Gasteiger partial charge in [-0.05, 0) is 80.5 Å². The Balaban J connectivity index is 1.56. The minimum atomic E-state index is 0.0468. The van der Waals surface area contributed by atoms with Crippen LogP contribution < -0.4 is 0 Å². The second-order valence-electron chi connectivity index (χ2n) is 9.00. The van der Waals surface area contributed by atoms with Crippen molar-refractivity contribution >= 4 is 22.9 Å². The Morgan fingerprint density at radius 2 is 1.92 bits per heavy atom. The molecule has 1 aliphatic heterocycles. The van der Waals surface area contributed by atoms with Crippen LogP contribution in [0.3, 0.4) is 0 Å². The van der Waals surface area contributed by atoms with E-state index >= 15 is 0 Å². The van der Waals surface area contributed by atoms with E-state index in [1.54, 1.807) is 11.3 Å². The van der Waals surface area contributed by atoms with Gasteiger partial charge < -0.3 is 0 Å². The molecule has 0 bridgehead atoms. The van der Waals surface area contributed by atoms with E-state index in [4.69, 9.17) is 18.0 Å². The van der Waals surface area contributed by atoms with Crippen molar-refractivity contribution in [3.63, 3.8) is 0 Å². The zero-order chi connectivity index (χ0) is 25.2. The van der Waals surface area contributed by atoms with E-state index in [2.05, 4.69) is 74.6 Å². The average molecular weight is 512 g/mol. The highest BCUT2D eigenvalue weighted by Gasteiger charge is 2.33. The van der Waals surface area contributed by atoms with Crippen molar-refractivity contribution in [2.45, 2.75) is 45.7 Å². The molecule has 0 saturated carbocycles. The first kappa shape index (κ1) is 24.3. The van der Waals surface area contributed by atoms with Crippen molar-refractivity contribution < 1.29 is 0 Å². The molecule has 0 radical (unpaired) electrons. The van der Waals surface area contributed by atoms with E-state index in [0.29, 0.717) is 6.54 Å². The standard InChI is InChI=1S/C29H26ClN5S/c1-5-6-7-8-21-9-14-24(31-17-21)15-16-25-19(2)27-28(22-10-12-23(30)13-11-22)34(4)18-26-33-32-20(3)35(26)29(27)36-25/h1,9-14,17,28H,6-8,18H2,2-4H3. The smallest absolute Gasteiger partial charge is 0.152 e. The summed E-state index contributed by atoms with van der Waals surface area (Å²) in [5.74, 6) is 11.2. The SMILES string of the molecule is C#CCCCc1ccc(C#Cc2sc3c(c2C)C(c2ccc(Cl)cc2)N(C)Cc2nnc(C)n2-3)nc1. The topological polar surface area (TPSA) is 46.8 Å². The van der Waals surface area contributed by atoms with Gasteiger partial charge in [-0.15, -0.1) is 33.9 Å². The molecule has 5 nitrogen and oxygen atoms in total. The highest BCUT2D eigenvalue weighted by atomic mass is 35.5. The van der Waals surface area contributed by atoms with Crippen molar-refractivity contribution in [3.05, 3.63) is 92.1 Å². The number of benzene rings is 1. The van der Waals surface area contributed by atoms with Crippen molar-refractivity contribution in [2.24, 2.45) is 0 Å². The number of hydrogen-bond acceptors (Lipinski definition) is 5. The predicted octanol–water partition coefficient (Wildman–Crippen LogP) is 5.88. The van der Waals surface area contributed by atoms with Crippen LogP contribution in [0.4, 0.5) is 0 Å². The van der Waals surface area contributed by atoms with Crippen molar-refractivity contribution in [2.75, 3.05) is 7.05 Å². The Kier molecular flexibility index (Phi) is 6.94. The lowest BCUT2D eigenvalue weighted by molar-refractivity contribution is 0.268. The molecule has 36 heavy (non-hydrogen) atoms. The normalized spacial score (nSPS) is 14.8. The quantitative estimate of drug-likeness (QED) is 0.253. The van der Waals surface area contributed by atoms with Crippen LogP contribution in [0.5, 0.6) is 0 Å². The Bertz CT molecular complexity index is 1500. The first-order valence-electron chi connectivity index (χ1n) is 11.9. The molecule has 1 unspecified atom stereocenters. The van der Waals surface area contributed by atoms with Gasteiger partial charge in [-0.1, -0.05) is 29.8 Å². The summed E-state index contributed by atoms with van der Waals surface area (Å²) in [5, 5.41) is 10.7. The number of fused-ring (bicyclic) bond motifs is 3. The van der Waals surface area contributed by atoms with Crippen LogP contribution in [-0.2, 0) is 13.0 Å². The summed E-state index contributed by atoms with van der Waals surface area (Å²) >= 11 is 7.89. The Morgan fingerprint density at radius 3 is 2.64 bits per heavy atom. The summed E-state index contributed by atoms with van der Waals surface area (Å²) < 4.78 is 2.17. The molecule has 0 saturated heterocycles. The van der Waals surface area contributed by atoms with Gasteiger partial charge in [0.25, 0.3) is 0 Å². The maximum Gasteiger partial charge on any atom is 0.152 e. The number of rotatable bonds is 4. The van der Waals surface area contributed by atoms with E-state index in [9.17, 15) is 0 Å². The van der Waals surface area contributed by atoms with Gasteiger partial charge in [0.1, 0.15) is 16.5 Å². The van der Waals surface area contributed by atoms with Crippen molar-refractivity contribution in [3.8, 4) is 29.2 Å². The lowest BCUT2D eigenvalue weighted by Crippen LogP contribution is -2.24. The molecule has 180 valence electrons. The largest absolute Gasteiger partial charge is 0.288 e. The van der Waals surface area contributed by atoms with Crippen molar-refractivity contribution in [1.29, 1.82) is 0 Å². The molecule has 0 aliphatic carbocycles. The second kappa shape index (κ2) is 10.3. The van der Waals surface area contributed by atoms with E-state index in [0.717, 1.165) is 51.5 Å². The van der Waals surface area contributed by atoms with Crippen LogP contribution in [0.2, 0.25) is 5.02 Å². The Hall–Kier alpha value is -3.42. The second-order valence-corrected chi connectivity index (χ2v) is 10.4. The molecule has 0 N–H and O–H groups in total. The summed E-state index contributed by atoms with van der Waals surface area (Å²) in [6.07, 6.45) is 9.93. The highest BCUT2D eigenvalue weighted by molar-refractivity contribution is 7.15. The van der Waals surface area contributed by atoms with Gasteiger partial charge in [-0.2, -0.15) is 0 Å². The maximum atomic E-state index is 6.21. The summed E-state index contributed by atoms with van der Waals surface area (Å²) in [6, 6.07) is 12.2. The molecule has 1 aromatic carbocycles. The van der Waals surface area contributed by atoms with Crippen LogP contribution in [0.25, 0.3) is 5.00 Å². The third kappa shape index (κ3) is 4.68. The molecule has 7 heteroatoms. The number of halogens is 1. The Labute approximate surface area is 221 Å². The van der Waals surface area contributed by atoms with Crippen LogP contribution in [0.1, 0.15) is 63.4 Å². The van der Waals surface area contributed by atoms with Crippen LogP contribution in [0, 0.1) is 38.0 Å². The van der Waals surface area contributed by atoms with E-state index in [-0.39, 0.29) is 6.04 Å². The fraction of sp³-hybridized carbons (Fsp3) is 0.276. The zero-order valence-electron chi connectivity index (χ0n) is 20.5. The lowest BCUT2D eigenvalue weighted by Gasteiger charge is -2.27. The van der Waals surface area contributed by atoms with Gasteiger partial charge in [0.15, 0.2) is 5.82 Å². The van der Waals surface area contributed by atoms with E-state index < -0.39 is 0 Å².